The van der Waals surface area contributed by atoms with Gasteiger partial charge in [-0.05, 0) is 43.2 Å². The second-order valence-electron chi connectivity index (χ2n) is 5.63. The van der Waals surface area contributed by atoms with Crippen LogP contribution in [0.15, 0.2) is 23.0 Å². The second kappa shape index (κ2) is 7.27. The van der Waals surface area contributed by atoms with Crippen molar-refractivity contribution in [3.63, 3.8) is 0 Å². The Morgan fingerprint density at radius 1 is 1.28 bits per heavy atom. The van der Waals surface area contributed by atoms with Crippen molar-refractivity contribution < 1.29 is 19.4 Å². The van der Waals surface area contributed by atoms with Gasteiger partial charge in [-0.25, -0.2) is 9.48 Å². The SMILES string of the molecule is COCc1cc(NC(=O)c2c(C)c(C)nn(C)c2=O)cc(C(=O)O)c1. The van der Waals surface area contributed by atoms with E-state index in [4.69, 9.17) is 4.74 Å². The van der Waals surface area contributed by atoms with Gasteiger partial charge in [0, 0.05) is 19.8 Å². The Kier molecular flexibility index (Phi) is 5.33. The number of carboxylic acid groups (broad SMARTS) is 1. The molecule has 0 saturated heterocycles. The van der Waals surface area contributed by atoms with Gasteiger partial charge in [0.1, 0.15) is 5.56 Å². The third-order valence-corrected chi connectivity index (χ3v) is 3.76. The summed E-state index contributed by atoms with van der Waals surface area (Å²) in [5.41, 5.74) is 1.37. The molecule has 2 rings (SSSR count). The lowest BCUT2D eigenvalue weighted by atomic mass is 10.1. The third kappa shape index (κ3) is 3.92. The molecule has 1 aromatic carbocycles. The fraction of sp³-hybridized carbons (Fsp3) is 0.294. The van der Waals surface area contributed by atoms with Gasteiger partial charge in [-0.15, -0.1) is 0 Å². The Morgan fingerprint density at radius 3 is 2.56 bits per heavy atom. The summed E-state index contributed by atoms with van der Waals surface area (Å²) in [6.07, 6.45) is 0. The number of methoxy groups -OCH3 is 1. The standard InChI is InChI=1S/C17H19N3O5/c1-9-10(2)19-20(3)16(22)14(9)15(21)18-13-6-11(8-25-4)5-12(7-13)17(23)24/h5-7H,8H2,1-4H3,(H,18,21)(H,23,24). The molecule has 8 heteroatoms. The van der Waals surface area contributed by atoms with Gasteiger partial charge < -0.3 is 15.2 Å². The Morgan fingerprint density at radius 2 is 1.96 bits per heavy atom. The van der Waals surface area contributed by atoms with E-state index < -0.39 is 17.4 Å². The fourth-order valence-corrected chi connectivity index (χ4v) is 2.45. The summed E-state index contributed by atoms with van der Waals surface area (Å²) in [5, 5.41) is 15.8. The highest BCUT2D eigenvalue weighted by Crippen LogP contribution is 2.17. The van der Waals surface area contributed by atoms with E-state index in [0.29, 0.717) is 16.8 Å². The molecule has 0 spiro atoms. The zero-order chi connectivity index (χ0) is 18.7. The highest BCUT2D eigenvalue weighted by Gasteiger charge is 2.19. The molecule has 0 bridgehead atoms. The van der Waals surface area contributed by atoms with Crippen molar-refractivity contribution in [3.8, 4) is 0 Å². The first-order chi connectivity index (χ1) is 11.7. The normalized spacial score (nSPS) is 10.6. The van der Waals surface area contributed by atoms with Crippen LogP contribution in [-0.2, 0) is 18.4 Å². The molecule has 0 aliphatic heterocycles. The van der Waals surface area contributed by atoms with Crippen LogP contribution in [0.4, 0.5) is 5.69 Å². The molecule has 0 unspecified atom stereocenters. The van der Waals surface area contributed by atoms with Gasteiger partial charge in [0.25, 0.3) is 11.5 Å². The highest BCUT2D eigenvalue weighted by molar-refractivity contribution is 6.05. The summed E-state index contributed by atoms with van der Waals surface area (Å²) in [6.45, 7) is 3.54. The molecule has 25 heavy (non-hydrogen) atoms. The van der Waals surface area contributed by atoms with Crippen LogP contribution in [0.25, 0.3) is 0 Å². The number of rotatable bonds is 5. The van der Waals surface area contributed by atoms with Crippen LogP contribution < -0.4 is 10.9 Å². The van der Waals surface area contributed by atoms with Gasteiger partial charge in [-0.3, -0.25) is 9.59 Å². The number of benzene rings is 1. The molecular weight excluding hydrogens is 326 g/mol. The number of aromatic carboxylic acids is 1. The number of anilines is 1. The van der Waals surface area contributed by atoms with Crippen LogP contribution in [-0.4, -0.2) is 33.9 Å². The number of aromatic nitrogens is 2. The minimum atomic E-state index is -1.12. The molecule has 0 fully saturated rings. The van der Waals surface area contributed by atoms with Gasteiger partial charge in [0.05, 0.1) is 17.9 Å². The molecule has 0 aliphatic rings. The first kappa shape index (κ1) is 18.3. The van der Waals surface area contributed by atoms with E-state index in [1.807, 2.05) is 0 Å². The summed E-state index contributed by atoms with van der Waals surface area (Å²) in [4.78, 5) is 36.1. The van der Waals surface area contributed by atoms with Crippen LogP contribution >= 0.6 is 0 Å². The molecule has 1 heterocycles. The molecule has 0 saturated carbocycles. The topological polar surface area (TPSA) is 111 Å². The first-order valence-electron chi connectivity index (χ1n) is 7.46. The maximum absolute atomic E-state index is 12.6. The highest BCUT2D eigenvalue weighted by atomic mass is 16.5. The minimum absolute atomic E-state index is 0.0142. The number of nitrogens with zero attached hydrogens (tertiary/aromatic N) is 2. The number of carboxylic acids is 1. The average molecular weight is 345 g/mol. The van der Waals surface area contributed by atoms with Crippen molar-refractivity contribution in [1.29, 1.82) is 0 Å². The number of hydrogen-bond acceptors (Lipinski definition) is 5. The van der Waals surface area contributed by atoms with Crippen molar-refractivity contribution >= 4 is 17.6 Å². The first-order valence-corrected chi connectivity index (χ1v) is 7.46. The average Bonchev–Trinajstić information content (AvgIpc) is 2.53. The zero-order valence-electron chi connectivity index (χ0n) is 14.4. The number of hydrogen-bond donors (Lipinski definition) is 2. The third-order valence-electron chi connectivity index (χ3n) is 3.76. The maximum atomic E-state index is 12.6. The lowest BCUT2D eigenvalue weighted by Crippen LogP contribution is -2.31. The van der Waals surface area contributed by atoms with Crippen molar-refractivity contribution in [2.45, 2.75) is 20.5 Å². The van der Waals surface area contributed by atoms with E-state index in [1.165, 1.54) is 26.3 Å². The molecule has 0 aliphatic carbocycles. The Balaban J connectivity index is 2.45. The maximum Gasteiger partial charge on any atom is 0.335 e. The molecule has 2 N–H and O–H groups in total. The van der Waals surface area contributed by atoms with Crippen molar-refractivity contribution in [2.24, 2.45) is 7.05 Å². The molecule has 1 aromatic heterocycles. The molecule has 132 valence electrons. The molecule has 8 nitrogen and oxygen atoms in total. The van der Waals surface area contributed by atoms with Gasteiger partial charge in [-0.2, -0.15) is 5.10 Å². The Bertz CT molecular complexity index is 902. The second-order valence-corrected chi connectivity index (χ2v) is 5.63. The summed E-state index contributed by atoms with van der Waals surface area (Å²) in [7, 11) is 2.95. The van der Waals surface area contributed by atoms with Gasteiger partial charge in [-0.1, -0.05) is 0 Å². The van der Waals surface area contributed by atoms with Crippen molar-refractivity contribution in [2.75, 3.05) is 12.4 Å². The monoisotopic (exact) mass is 345 g/mol. The summed E-state index contributed by atoms with van der Waals surface area (Å²) in [5.74, 6) is -1.74. The Hall–Kier alpha value is -3.00. The largest absolute Gasteiger partial charge is 0.478 e. The van der Waals surface area contributed by atoms with Crippen LogP contribution in [0.1, 0.15) is 37.5 Å². The quantitative estimate of drug-likeness (QED) is 0.849. The summed E-state index contributed by atoms with van der Waals surface area (Å²) < 4.78 is 6.11. The molecule has 1 amide bonds. The number of ether oxygens (including phenoxy) is 1. The van der Waals surface area contributed by atoms with E-state index in [-0.39, 0.29) is 23.4 Å². The van der Waals surface area contributed by atoms with E-state index in [2.05, 4.69) is 10.4 Å². The van der Waals surface area contributed by atoms with E-state index in [9.17, 15) is 19.5 Å². The number of nitrogens with one attached hydrogen (secondary N) is 1. The van der Waals surface area contributed by atoms with E-state index in [1.54, 1.807) is 19.9 Å². The van der Waals surface area contributed by atoms with E-state index >= 15 is 0 Å². The predicted molar refractivity (Wildman–Crippen MR) is 91.0 cm³/mol. The fourth-order valence-electron chi connectivity index (χ4n) is 2.45. The molecule has 2 aromatic rings. The van der Waals surface area contributed by atoms with E-state index in [0.717, 1.165) is 4.68 Å². The number of amides is 1. The lowest BCUT2D eigenvalue weighted by Gasteiger charge is -2.12. The number of carbonyl (C=O) groups excluding carboxylic acids is 1. The molecular formula is C17H19N3O5. The van der Waals surface area contributed by atoms with Crippen molar-refractivity contribution in [3.05, 3.63) is 56.5 Å². The zero-order valence-corrected chi connectivity index (χ0v) is 14.4. The Labute approximate surface area is 144 Å². The molecule has 0 radical (unpaired) electrons. The lowest BCUT2D eigenvalue weighted by molar-refractivity contribution is 0.0696. The van der Waals surface area contributed by atoms with Crippen LogP contribution in [0.5, 0.6) is 0 Å². The van der Waals surface area contributed by atoms with Crippen LogP contribution in [0, 0.1) is 13.8 Å². The summed E-state index contributed by atoms with van der Waals surface area (Å²) >= 11 is 0. The predicted octanol–water partition coefficient (Wildman–Crippen LogP) is 1.49. The van der Waals surface area contributed by atoms with Crippen LogP contribution in [0.2, 0.25) is 0 Å². The molecule has 0 atom stereocenters. The number of aryl methyl sites for hydroxylation is 2. The van der Waals surface area contributed by atoms with Gasteiger partial charge in [0.15, 0.2) is 0 Å². The smallest absolute Gasteiger partial charge is 0.335 e. The minimum Gasteiger partial charge on any atom is -0.478 e. The number of carbonyl (C=O) groups is 2. The van der Waals surface area contributed by atoms with Gasteiger partial charge in [0.2, 0.25) is 0 Å². The van der Waals surface area contributed by atoms with Gasteiger partial charge >= 0.3 is 5.97 Å². The summed E-state index contributed by atoms with van der Waals surface area (Å²) in [6, 6.07) is 4.39. The van der Waals surface area contributed by atoms with Crippen molar-refractivity contribution in [1.82, 2.24) is 9.78 Å². The van der Waals surface area contributed by atoms with Crippen LogP contribution in [0.3, 0.4) is 0 Å².